The molecule has 3 heteroatoms. The van der Waals surface area contributed by atoms with Crippen LogP contribution in [0.25, 0.3) is 11.1 Å². The van der Waals surface area contributed by atoms with Gasteiger partial charge in [-0.05, 0) is 33.5 Å². The minimum absolute atomic E-state index is 0.216. The Hall–Kier alpha value is -1.87. The van der Waals surface area contributed by atoms with Crippen molar-refractivity contribution >= 4 is 17.3 Å². The van der Waals surface area contributed by atoms with Crippen molar-refractivity contribution in [3.8, 4) is 11.1 Å². The normalized spacial score (nSPS) is 10.1. The van der Waals surface area contributed by atoms with E-state index >= 15 is 0 Å². The van der Waals surface area contributed by atoms with Crippen LogP contribution in [0.4, 0.5) is 0 Å². The lowest BCUT2D eigenvalue weighted by atomic mass is 10.0. The zero-order valence-electron chi connectivity index (χ0n) is 9.22. The van der Waals surface area contributed by atoms with Gasteiger partial charge in [-0.25, -0.2) is 4.79 Å². The predicted molar refractivity (Wildman–Crippen MR) is 70.2 cm³/mol. The van der Waals surface area contributed by atoms with Gasteiger partial charge in [-0.1, -0.05) is 30.8 Å². The summed E-state index contributed by atoms with van der Waals surface area (Å²) in [5, 5.41) is 12.9. The van der Waals surface area contributed by atoms with E-state index in [-0.39, 0.29) is 5.57 Å². The molecule has 0 unspecified atom stereocenters. The highest BCUT2D eigenvalue weighted by Crippen LogP contribution is 2.22. The summed E-state index contributed by atoms with van der Waals surface area (Å²) >= 11 is 1.66. The van der Waals surface area contributed by atoms with Crippen molar-refractivity contribution in [3.05, 3.63) is 58.8 Å². The SMILES string of the molecule is C=C(Cc1ccc(-c2ccsc2)cc1)C(=O)O. The summed E-state index contributed by atoms with van der Waals surface area (Å²) in [6.45, 7) is 3.52. The van der Waals surface area contributed by atoms with Gasteiger partial charge in [-0.2, -0.15) is 11.3 Å². The first kappa shape index (κ1) is 11.6. The molecule has 0 bridgehead atoms. The Bertz CT molecular complexity index is 524. The van der Waals surface area contributed by atoms with E-state index in [0.717, 1.165) is 11.1 Å². The number of thiophene rings is 1. The third-order valence-corrected chi connectivity index (χ3v) is 3.21. The summed E-state index contributed by atoms with van der Waals surface area (Å²) in [6.07, 6.45) is 0.388. The molecule has 0 fully saturated rings. The van der Waals surface area contributed by atoms with Crippen molar-refractivity contribution in [1.29, 1.82) is 0 Å². The van der Waals surface area contributed by atoms with Crippen LogP contribution < -0.4 is 0 Å². The third kappa shape index (κ3) is 2.82. The van der Waals surface area contributed by atoms with E-state index in [0.29, 0.717) is 6.42 Å². The minimum atomic E-state index is -0.938. The molecule has 1 N–H and O–H groups in total. The molecule has 2 aromatic rings. The van der Waals surface area contributed by atoms with E-state index in [2.05, 4.69) is 18.0 Å². The maximum Gasteiger partial charge on any atom is 0.331 e. The Balaban J connectivity index is 2.14. The Morgan fingerprint density at radius 3 is 2.41 bits per heavy atom. The molecule has 0 aliphatic carbocycles. The van der Waals surface area contributed by atoms with Crippen molar-refractivity contribution in [3.63, 3.8) is 0 Å². The number of benzene rings is 1. The molecule has 17 heavy (non-hydrogen) atoms. The molecule has 0 amide bonds. The molecule has 0 aliphatic heterocycles. The van der Waals surface area contributed by atoms with Gasteiger partial charge in [0.25, 0.3) is 0 Å². The number of carboxylic acid groups (broad SMARTS) is 1. The van der Waals surface area contributed by atoms with E-state index in [9.17, 15) is 4.79 Å². The van der Waals surface area contributed by atoms with Crippen LogP contribution in [0.3, 0.4) is 0 Å². The third-order valence-electron chi connectivity index (χ3n) is 2.53. The van der Waals surface area contributed by atoms with Crippen molar-refractivity contribution in [2.45, 2.75) is 6.42 Å². The quantitative estimate of drug-likeness (QED) is 0.834. The summed E-state index contributed by atoms with van der Waals surface area (Å²) < 4.78 is 0. The van der Waals surface area contributed by atoms with Crippen LogP contribution in [0.1, 0.15) is 5.56 Å². The fourth-order valence-corrected chi connectivity index (χ4v) is 2.23. The standard InChI is InChI=1S/C14H12O2S/c1-10(14(15)16)8-11-2-4-12(5-3-11)13-6-7-17-9-13/h2-7,9H,1,8H2,(H,15,16). The lowest BCUT2D eigenvalue weighted by Gasteiger charge is -2.03. The van der Waals surface area contributed by atoms with Gasteiger partial charge in [0.05, 0.1) is 0 Å². The molecule has 86 valence electrons. The number of rotatable bonds is 4. The van der Waals surface area contributed by atoms with Gasteiger partial charge in [-0.3, -0.25) is 0 Å². The van der Waals surface area contributed by atoms with Crippen LogP contribution >= 0.6 is 11.3 Å². The van der Waals surface area contributed by atoms with Crippen molar-refractivity contribution in [2.24, 2.45) is 0 Å². The van der Waals surface area contributed by atoms with E-state index in [1.807, 2.05) is 29.6 Å². The number of carbonyl (C=O) groups is 1. The first-order valence-electron chi connectivity index (χ1n) is 5.19. The minimum Gasteiger partial charge on any atom is -0.478 e. The van der Waals surface area contributed by atoms with Gasteiger partial charge in [0.1, 0.15) is 0 Å². The monoisotopic (exact) mass is 244 g/mol. The molecule has 0 saturated heterocycles. The molecule has 0 radical (unpaired) electrons. The van der Waals surface area contributed by atoms with Gasteiger partial charge >= 0.3 is 5.97 Å². The zero-order valence-corrected chi connectivity index (χ0v) is 10.0. The fraction of sp³-hybridized carbons (Fsp3) is 0.0714. The molecule has 1 heterocycles. The van der Waals surface area contributed by atoms with E-state index in [1.165, 1.54) is 5.56 Å². The first-order chi connectivity index (χ1) is 8.16. The smallest absolute Gasteiger partial charge is 0.331 e. The summed E-state index contributed by atoms with van der Waals surface area (Å²) in [4.78, 5) is 10.7. The molecule has 0 saturated carbocycles. The Morgan fingerprint density at radius 1 is 1.18 bits per heavy atom. The zero-order chi connectivity index (χ0) is 12.3. The second-order valence-electron chi connectivity index (χ2n) is 3.79. The fourth-order valence-electron chi connectivity index (χ4n) is 1.57. The lowest BCUT2D eigenvalue weighted by molar-refractivity contribution is -0.132. The highest BCUT2D eigenvalue weighted by Gasteiger charge is 2.05. The number of hydrogen-bond donors (Lipinski definition) is 1. The van der Waals surface area contributed by atoms with Gasteiger partial charge in [0.2, 0.25) is 0 Å². The lowest BCUT2D eigenvalue weighted by Crippen LogP contribution is -2.01. The van der Waals surface area contributed by atoms with E-state index in [4.69, 9.17) is 5.11 Å². The summed E-state index contributed by atoms with van der Waals surface area (Å²) in [7, 11) is 0. The predicted octanol–water partition coefficient (Wildman–Crippen LogP) is 3.60. The topological polar surface area (TPSA) is 37.3 Å². The molecule has 0 atom stereocenters. The molecule has 2 rings (SSSR count). The van der Waals surface area contributed by atoms with Crippen LogP contribution in [-0.4, -0.2) is 11.1 Å². The molecule has 1 aromatic heterocycles. The van der Waals surface area contributed by atoms with Crippen LogP contribution in [0.2, 0.25) is 0 Å². The molecule has 0 aliphatic rings. The van der Waals surface area contributed by atoms with Gasteiger partial charge in [0, 0.05) is 12.0 Å². The average Bonchev–Trinajstić information content (AvgIpc) is 2.83. The molecular formula is C14H12O2S. The van der Waals surface area contributed by atoms with Crippen molar-refractivity contribution in [1.82, 2.24) is 0 Å². The van der Waals surface area contributed by atoms with Crippen LogP contribution in [-0.2, 0) is 11.2 Å². The summed E-state index contributed by atoms with van der Waals surface area (Å²) in [5.74, 6) is -0.938. The van der Waals surface area contributed by atoms with Crippen LogP contribution in [0.5, 0.6) is 0 Å². The Kier molecular flexibility index (Phi) is 3.40. The second-order valence-corrected chi connectivity index (χ2v) is 4.57. The Morgan fingerprint density at radius 2 is 1.88 bits per heavy atom. The van der Waals surface area contributed by atoms with Crippen molar-refractivity contribution in [2.75, 3.05) is 0 Å². The van der Waals surface area contributed by atoms with Crippen LogP contribution in [0.15, 0.2) is 53.2 Å². The highest BCUT2D eigenvalue weighted by molar-refractivity contribution is 7.08. The Labute approximate surface area is 104 Å². The number of carboxylic acids is 1. The number of hydrogen-bond acceptors (Lipinski definition) is 2. The van der Waals surface area contributed by atoms with E-state index in [1.54, 1.807) is 11.3 Å². The van der Waals surface area contributed by atoms with Crippen LogP contribution in [0, 0.1) is 0 Å². The summed E-state index contributed by atoms with van der Waals surface area (Å²) in [6, 6.07) is 9.97. The second kappa shape index (κ2) is 4.97. The molecule has 0 spiro atoms. The average molecular weight is 244 g/mol. The number of aliphatic carboxylic acids is 1. The molecule has 2 nitrogen and oxygen atoms in total. The maximum absolute atomic E-state index is 10.7. The first-order valence-corrected chi connectivity index (χ1v) is 6.13. The molecular weight excluding hydrogens is 232 g/mol. The van der Waals surface area contributed by atoms with Gasteiger partial charge in [-0.15, -0.1) is 0 Å². The maximum atomic E-state index is 10.7. The van der Waals surface area contributed by atoms with E-state index < -0.39 is 5.97 Å². The molecule has 1 aromatic carbocycles. The highest BCUT2D eigenvalue weighted by atomic mass is 32.1. The summed E-state index contributed by atoms with van der Waals surface area (Å²) in [5.41, 5.74) is 3.53. The van der Waals surface area contributed by atoms with Gasteiger partial charge < -0.3 is 5.11 Å². The largest absolute Gasteiger partial charge is 0.478 e. The van der Waals surface area contributed by atoms with Crippen molar-refractivity contribution < 1.29 is 9.90 Å². The van der Waals surface area contributed by atoms with Gasteiger partial charge in [0.15, 0.2) is 0 Å².